The first-order valence-electron chi connectivity index (χ1n) is 6.28. The fourth-order valence-electron chi connectivity index (χ4n) is 2.39. The van der Waals surface area contributed by atoms with Crippen molar-refractivity contribution in [2.24, 2.45) is 0 Å². The van der Waals surface area contributed by atoms with Gasteiger partial charge in [-0.2, -0.15) is 0 Å². The van der Waals surface area contributed by atoms with Crippen molar-refractivity contribution >= 4 is 12.0 Å². The number of ether oxygens (including phenoxy) is 1. The van der Waals surface area contributed by atoms with Crippen LogP contribution in [-0.2, 0) is 9.53 Å². The number of carboxylic acids is 1. The number of aliphatic carboxylic acids is 1. The Labute approximate surface area is 106 Å². The summed E-state index contributed by atoms with van der Waals surface area (Å²) in [6.07, 6.45) is 1.66. The molecule has 2 aliphatic rings. The highest BCUT2D eigenvalue weighted by molar-refractivity contribution is 5.76. The summed E-state index contributed by atoms with van der Waals surface area (Å²) in [5.74, 6) is -0.855. The van der Waals surface area contributed by atoms with Crippen LogP contribution in [-0.4, -0.2) is 65.9 Å². The minimum atomic E-state index is -0.855. The smallest absolute Gasteiger partial charge is 0.332 e. The van der Waals surface area contributed by atoms with Crippen LogP contribution in [0.2, 0.25) is 0 Å². The number of carbonyl (C=O) groups is 2. The van der Waals surface area contributed by atoms with E-state index in [1.807, 2.05) is 5.01 Å². The van der Waals surface area contributed by atoms with Crippen molar-refractivity contribution in [2.75, 3.05) is 32.8 Å². The summed E-state index contributed by atoms with van der Waals surface area (Å²) in [5, 5.41) is 10.6. The molecule has 0 radical (unpaired) electrons. The second-order valence-electron chi connectivity index (χ2n) is 4.60. The highest BCUT2D eigenvalue weighted by Crippen LogP contribution is 2.20. The van der Waals surface area contributed by atoms with E-state index in [-0.39, 0.29) is 18.5 Å². The average Bonchev–Trinajstić information content (AvgIpc) is 2.77. The molecule has 1 atom stereocenters. The second-order valence-corrected chi connectivity index (χ2v) is 4.60. The zero-order valence-corrected chi connectivity index (χ0v) is 10.3. The lowest BCUT2D eigenvalue weighted by Gasteiger charge is -2.31. The van der Waals surface area contributed by atoms with Crippen molar-refractivity contribution in [3.63, 3.8) is 0 Å². The fraction of sp³-hybridized carbons (Fsp3) is 0.818. The molecule has 0 aromatic rings. The SMILES string of the molecule is O=C(O)CC1CCCN1C(=O)NN1CCOCC1. The van der Waals surface area contributed by atoms with Crippen LogP contribution in [0.5, 0.6) is 0 Å². The van der Waals surface area contributed by atoms with Crippen LogP contribution in [0.3, 0.4) is 0 Å². The molecule has 0 spiro atoms. The number of nitrogens with zero attached hydrogens (tertiary/aromatic N) is 2. The summed E-state index contributed by atoms with van der Waals surface area (Å²) in [6.45, 7) is 3.19. The minimum Gasteiger partial charge on any atom is -0.481 e. The van der Waals surface area contributed by atoms with Crippen molar-refractivity contribution in [1.29, 1.82) is 0 Å². The molecule has 7 heteroatoms. The predicted molar refractivity (Wildman–Crippen MR) is 62.9 cm³/mol. The standard InChI is InChI=1S/C11H19N3O4/c15-10(16)8-9-2-1-3-14(9)11(17)12-13-4-6-18-7-5-13/h9H,1-8H2,(H,12,17)(H,15,16). The summed E-state index contributed by atoms with van der Waals surface area (Å²) >= 11 is 0. The maximum Gasteiger partial charge on any atom is 0.332 e. The Morgan fingerprint density at radius 3 is 2.67 bits per heavy atom. The van der Waals surface area contributed by atoms with Gasteiger partial charge < -0.3 is 14.7 Å². The maximum absolute atomic E-state index is 12.0. The van der Waals surface area contributed by atoms with Gasteiger partial charge in [-0.3, -0.25) is 10.2 Å². The number of urea groups is 1. The van der Waals surface area contributed by atoms with Crippen LogP contribution in [0.4, 0.5) is 4.79 Å². The Morgan fingerprint density at radius 1 is 1.28 bits per heavy atom. The maximum atomic E-state index is 12.0. The molecule has 2 fully saturated rings. The van der Waals surface area contributed by atoms with E-state index in [2.05, 4.69) is 5.43 Å². The zero-order chi connectivity index (χ0) is 13.0. The molecule has 2 aliphatic heterocycles. The van der Waals surface area contributed by atoms with E-state index in [1.54, 1.807) is 4.90 Å². The molecule has 0 bridgehead atoms. The number of hydrazine groups is 1. The third-order valence-electron chi connectivity index (χ3n) is 3.31. The van der Waals surface area contributed by atoms with Crippen LogP contribution in [0.15, 0.2) is 0 Å². The first-order chi connectivity index (χ1) is 8.66. The highest BCUT2D eigenvalue weighted by Gasteiger charge is 2.31. The molecule has 18 heavy (non-hydrogen) atoms. The third kappa shape index (κ3) is 3.33. The van der Waals surface area contributed by atoms with Crippen molar-refractivity contribution < 1.29 is 19.4 Å². The van der Waals surface area contributed by atoms with Crippen LogP contribution in [0.1, 0.15) is 19.3 Å². The molecule has 7 nitrogen and oxygen atoms in total. The first-order valence-corrected chi connectivity index (χ1v) is 6.28. The van der Waals surface area contributed by atoms with Gasteiger partial charge in [0.05, 0.1) is 19.6 Å². The molecule has 0 aromatic carbocycles. The summed E-state index contributed by atoms with van der Waals surface area (Å²) < 4.78 is 5.20. The van der Waals surface area contributed by atoms with Gasteiger partial charge in [0.2, 0.25) is 0 Å². The number of morpholine rings is 1. The van der Waals surface area contributed by atoms with Crippen LogP contribution in [0.25, 0.3) is 0 Å². The van der Waals surface area contributed by atoms with E-state index >= 15 is 0 Å². The topological polar surface area (TPSA) is 82.1 Å². The second kappa shape index (κ2) is 6.01. The Bertz CT molecular complexity index is 317. The largest absolute Gasteiger partial charge is 0.481 e. The van der Waals surface area contributed by atoms with E-state index in [0.29, 0.717) is 32.8 Å². The van der Waals surface area contributed by atoms with E-state index < -0.39 is 5.97 Å². The van der Waals surface area contributed by atoms with Gasteiger partial charge in [0, 0.05) is 25.7 Å². The number of hydrogen-bond donors (Lipinski definition) is 2. The van der Waals surface area contributed by atoms with E-state index in [0.717, 1.165) is 12.8 Å². The van der Waals surface area contributed by atoms with Crippen LogP contribution in [0, 0.1) is 0 Å². The Kier molecular flexibility index (Phi) is 4.38. The molecule has 2 N–H and O–H groups in total. The summed E-state index contributed by atoms with van der Waals surface area (Å²) in [5.41, 5.74) is 2.81. The molecular weight excluding hydrogens is 238 g/mol. The molecule has 2 saturated heterocycles. The van der Waals surface area contributed by atoms with E-state index in [9.17, 15) is 9.59 Å². The molecule has 2 heterocycles. The lowest BCUT2D eigenvalue weighted by molar-refractivity contribution is -0.137. The average molecular weight is 257 g/mol. The number of carbonyl (C=O) groups excluding carboxylic acids is 1. The molecule has 0 aliphatic carbocycles. The van der Waals surface area contributed by atoms with Crippen molar-refractivity contribution in [3.8, 4) is 0 Å². The first kappa shape index (κ1) is 13.1. The fourth-order valence-corrected chi connectivity index (χ4v) is 2.39. The highest BCUT2D eigenvalue weighted by atomic mass is 16.5. The van der Waals surface area contributed by atoms with Crippen molar-refractivity contribution in [1.82, 2.24) is 15.3 Å². The Balaban J connectivity index is 1.84. The van der Waals surface area contributed by atoms with Gasteiger partial charge >= 0.3 is 12.0 Å². The molecular formula is C11H19N3O4. The van der Waals surface area contributed by atoms with Crippen LogP contribution >= 0.6 is 0 Å². The Morgan fingerprint density at radius 2 is 2.00 bits per heavy atom. The van der Waals surface area contributed by atoms with Gasteiger partial charge in [-0.05, 0) is 12.8 Å². The molecule has 0 aromatic heterocycles. The molecule has 1 unspecified atom stereocenters. The number of hydrogen-bond acceptors (Lipinski definition) is 4. The van der Waals surface area contributed by atoms with Crippen LogP contribution < -0.4 is 5.43 Å². The van der Waals surface area contributed by atoms with Gasteiger partial charge in [-0.25, -0.2) is 9.80 Å². The van der Waals surface area contributed by atoms with Gasteiger partial charge in [0.25, 0.3) is 0 Å². The van der Waals surface area contributed by atoms with E-state index in [4.69, 9.17) is 9.84 Å². The quantitative estimate of drug-likeness (QED) is 0.736. The number of amides is 2. The van der Waals surface area contributed by atoms with Gasteiger partial charge in [-0.15, -0.1) is 0 Å². The lowest BCUT2D eigenvalue weighted by Crippen LogP contribution is -2.53. The van der Waals surface area contributed by atoms with E-state index in [1.165, 1.54) is 0 Å². The predicted octanol–water partition coefficient (Wildman–Crippen LogP) is -0.118. The third-order valence-corrected chi connectivity index (χ3v) is 3.31. The number of nitrogens with one attached hydrogen (secondary N) is 1. The zero-order valence-electron chi connectivity index (χ0n) is 10.3. The molecule has 0 saturated carbocycles. The number of likely N-dealkylation sites (tertiary alicyclic amines) is 1. The minimum absolute atomic E-state index is 0.0243. The van der Waals surface area contributed by atoms with Crippen molar-refractivity contribution in [2.45, 2.75) is 25.3 Å². The molecule has 2 amide bonds. The lowest BCUT2D eigenvalue weighted by atomic mass is 10.1. The Hall–Kier alpha value is -1.34. The summed E-state index contributed by atoms with van der Waals surface area (Å²) in [4.78, 5) is 24.4. The van der Waals surface area contributed by atoms with Gasteiger partial charge in [0.15, 0.2) is 0 Å². The number of carboxylic acid groups (broad SMARTS) is 1. The summed E-state index contributed by atoms with van der Waals surface area (Å²) in [7, 11) is 0. The van der Waals surface area contributed by atoms with Crippen molar-refractivity contribution in [3.05, 3.63) is 0 Å². The monoisotopic (exact) mass is 257 g/mol. The van der Waals surface area contributed by atoms with Gasteiger partial charge in [-0.1, -0.05) is 0 Å². The van der Waals surface area contributed by atoms with Gasteiger partial charge in [0.1, 0.15) is 0 Å². The normalized spacial score (nSPS) is 25.1. The molecule has 2 rings (SSSR count). The number of rotatable bonds is 3. The molecule has 102 valence electrons. The summed E-state index contributed by atoms with van der Waals surface area (Å²) in [6, 6.07) is -0.371.